The van der Waals surface area contributed by atoms with Gasteiger partial charge in [0.05, 0.1) is 4.20 Å². The van der Waals surface area contributed by atoms with Gasteiger partial charge in [-0.15, -0.1) is 0 Å². The van der Waals surface area contributed by atoms with E-state index in [0.717, 1.165) is 4.20 Å². The van der Waals surface area contributed by atoms with Gasteiger partial charge in [0.2, 0.25) is 0 Å². The average molecular weight is 254 g/mol. The summed E-state index contributed by atoms with van der Waals surface area (Å²) in [7, 11) is 0. The predicted molar refractivity (Wildman–Crippen MR) is 80.0 cm³/mol. The van der Waals surface area contributed by atoms with Crippen molar-refractivity contribution in [2.75, 3.05) is 0 Å². The Morgan fingerprint density at radius 3 is 2.24 bits per heavy atom. The van der Waals surface area contributed by atoms with Crippen LogP contribution in [0.3, 0.4) is 0 Å². The number of benzene rings is 2. The highest BCUT2D eigenvalue weighted by Gasteiger charge is 2.20. The summed E-state index contributed by atoms with van der Waals surface area (Å²) in [6.45, 7) is 0. The molecule has 2 aromatic rings. The zero-order chi connectivity index (χ0) is 11.7. The fourth-order valence-corrected chi connectivity index (χ4v) is 3.31. The van der Waals surface area contributed by atoms with Crippen LogP contribution in [0.5, 0.6) is 0 Å². The number of thiocarbonyl (C=S) groups is 1. The van der Waals surface area contributed by atoms with Crippen LogP contribution in [0.25, 0.3) is 11.0 Å². The lowest BCUT2D eigenvalue weighted by Gasteiger charge is -1.98. The van der Waals surface area contributed by atoms with Crippen LogP contribution in [-0.2, 0) is 0 Å². The lowest BCUT2D eigenvalue weighted by molar-refractivity contribution is 1.63. The minimum absolute atomic E-state index is 0.975. The molecule has 2 aromatic carbocycles. The molecule has 0 bridgehead atoms. The van der Waals surface area contributed by atoms with Gasteiger partial charge in [0, 0.05) is 10.5 Å². The van der Waals surface area contributed by atoms with Crippen LogP contribution in [0.15, 0.2) is 54.6 Å². The average Bonchev–Trinajstić information content (AvgIpc) is 2.69. The molecule has 0 fully saturated rings. The van der Waals surface area contributed by atoms with E-state index < -0.39 is 0 Å². The molecule has 0 atom stereocenters. The number of rotatable bonds is 1. The van der Waals surface area contributed by atoms with Gasteiger partial charge in [-0.1, -0.05) is 78.6 Å². The zero-order valence-corrected chi connectivity index (χ0v) is 10.7. The molecule has 17 heavy (non-hydrogen) atoms. The van der Waals surface area contributed by atoms with Crippen LogP contribution in [0, 0.1) is 0 Å². The van der Waals surface area contributed by atoms with Crippen LogP contribution in [0.4, 0.5) is 0 Å². The number of fused-ring (bicyclic) bond motifs is 1. The van der Waals surface area contributed by atoms with Crippen molar-refractivity contribution in [2.45, 2.75) is 0 Å². The van der Waals surface area contributed by atoms with Crippen molar-refractivity contribution >= 4 is 39.2 Å². The molecule has 0 aromatic heterocycles. The lowest BCUT2D eigenvalue weighted by Crippen LogP contribution is -1.84. The highest BCUT2D eigenvalue weighted by molar-refractivity contribution is 8.30. The second kappa shape index (κ2) is 4.47. The smallest absolute Gasteiger partial charge is 0.0770 e. The molecule has 0 unspecified atom stereocenters. The molecule has 1 aliphatic heterocycles. The lowest BCUT2D eigenvalue weighted by atomic mass is 10.1. The monoisotopic (exact) mass is 254 g/mol. The number of hydrogen-bond acceptors (Lipinski definition) is 2. The molecule has 1 aliphatic rings. The van der Waals surface area contributed by atoms with Gasteiger partial charge in [0.15, 0.2) is 0 Å². The maximum atomic E-state index is 5.39. The zero-order valence-electron chi connectivity index (χ0n) is 9.09. The molecule has 0 amide bonds. The van der Waals surface area contributed by atoms with Crippen molar-refractivity contribution in [1.29, 1.82) is 0 Å². The molecule has 82 valence electrons. The van der Waals surface area contributed by atoms with E-state index in [2.05, 4.69) is 48.5 Å². The quantitative estimate of drug-likeness (QED) is 0.682. The summed E-state index contributed by atoms with van der Waals surface area (Å²) in [5, 5.41) is 0. The Hall–Kier alpha value is -1.38. The number of thioether (sulfide) groups is 1. The fourth-order valence-electron chi connectivity index (χ4n) is 1.89. The molecule has 0 spiro atoms. The maximum Gasteiger partial charge on any atom is 0.0832 e. The summed E-state index contributed by atoms with van der Waals surface area (Å²) in [5.41, 5.74) is 3.66. The van der Waals surface area contributed by atoms with Crippen molar-refractivity contribution in [3.8, 4) is 0 Å². The Morgan fingerprint density at radius 2 is 1.47 bits per heavy atom. The summed E-state index contributed by atoms with van der Waals surface area (Å²) >= 11 is 7.07. The van der Waals surface area contributed by atoms with Gasteiger partial charge < -0.3 is 0 Å². The topological polar surface area (TPSA) is 0 Å². The second-order valence-corrected chi connectivity index (χ2v) is 5.57. The van der Waals surface area contributed by atoms with E-state index in [1.807, 2.05) is 12.1 Å². The third-order valence-corrected chi connectivity index (χ3v) is 4.15. The molecule has 0 aliphatic carbocycles. The third kappa shape index (κ3) is 2.06. The summed E-state index contributed by atoms with van der Waals surface area (Å²) in [6, 6.07) is 18.7. The van der Waals surface area contributed by atoms with Gasteiger partial charge in [0.1, 0.15) is 0 Å². The Morgan fingerprint density at radius 1 is 0.824 bits per heavy atom. The fraction of sp³-hybridized carbons (Fsp3) is 0. The van der Waals surface area contributed by atoms with Crippen LogP contribution in [0.1, 0.15) is 16.7 Å². The predicted octanol–water partition coefficient (Wildman–Crippen LogP) is 4.61. The molecule has 1 heterocycles. The van der Waals surface area contributed by atoms with Crippen molar-refractivity contribution in [2.24, 2.45) is 0 Å². The molecule has 0 saturated carbocycles. The van der Waals surface area contributed by atoms with Gasteiger partial charge in [-0.2, -0.15) is 0 Å². The van der Waals surface area contributed by atoms with E-state index >= 15 is 0 Å². The van der Waals surface area contributed by atoms with Crippen molar-refractivity contribution in [3.63, 3.8) is 0 Å². The molecule has 0 saturated heterocycles. The first-order valence-electron chi connectivity index (χ1n) is 5.43. The van der Waals surface area contributed by atoms with Crippen LogP contribution in [-0.4, -0.2) is 4.20 Å². The minimum Gasteiger partial charge on any atom is -0.0770 e. The van der Waals surface area contributed by atoms with Gasteiger partial charge in [0.25, 0.3) is 0 Å². The highest BCUT2D eigenvalue weighted by atomic mass is 32.2. The summed E-state index contributed by atoms with van der Waals surface area (Å²) in [4.78, 5) is 1.25. The Balaban J connectivity index is 2.08. The molecular weight excluding hydrogens is 244 g/mol. The minimum atomic E-state index is 0.975. The summed E-state index contributed by atoms with van der Waals surface area (Å²) < 4.78 is 0.975. The highest BCUT2D eigenvalue weighted by Crippen LogP contribution is 2.42. The van der Waals surface area contributed by atoms with Gasteiger partial charge in [-0.3, -0.25) is 0 Å². The number of hydrogen-bond donors (Lipinski definition) is 0. The molecule has 0 radical (unpaired) electrons. The molecular formula is C15H10S2. The first-order chi connectivity index (χ1) is 8.34. The summed E-state index contributed by atoms with van der Waals surface area (Å²) in [5.74, 6) is 0. The van der Waals surface area contributed by atoms with E-state index in [4.69, 9.17) is 12.2 Å². The molecule has 2 heteroatoms. The second-order valence-electron chi connectivity index (χ2n) is 3.85. The molecule has 3 rings (SSSR count). The van der Waals surface area contributed by atoms with Crippen LogP contribution < -0.4 is 0 Å². The Labute approximate surface area is 110 Å². The third-order valence-electron chi connectivity index (χ3n) is 2.71. The Bertz CT molecular complexity index is 597. The van der Waals surface area contributed by atoms with Crippen molar-refractivity contribution in [3.05, 3.63) is 71.3 Å². The van der Waals surface area contributed by atoms with Crippen molar-refractivity contribution in [1.82, 2.24) is 0 Å². The van der Waals surface area contributed by atoms with Gasteiger partial charge in [-0.05, 0) is 17.2 Å². The first kappa shape index (κ1) is 10.8. The van der Waals surface area contributed by atoms with Gasteiger partial charge >= 0.3 is 0 Å². The van der Waals surface area contributed by atoms with Crippen molar-refractivity contribution < 1.29 is 0 Å². The normalized spacial score (nSPS) is 16.2. The SMILES string of the molecule is S=C1S/C(=C\c2ccccc2)c2ccccc21. The van der Waals surface area contributed by atoms with E-state index in [9.17, 15) is 0 Å². The molecule has 0 nitrogen and oxygen atoms in total. The summed E-state index contributed by atoms with van der Waals surface area (Å²) in [6.07, 6.45) is 2.20. The maximum absolute atomic E-state index is 5.39. The van der Waals surface area contributed by atoms with Gasteiger partial charge in [-0.25, -0.2) is 0 Å². The van der Waals surface area contributed by atoms with E-state index in [-0.39, 0.29) is 0 Å². The van der Waals surface area contributed by atoms with E-state index in [0.29, 0.717) is 0 Å². The van der Waals surface area contributed by atoms with Crippen LogP contribution in [0.2, 0.25) is 0 Å². The molecule has 0 N–H and O–H groups in total. The standard InChI is InChI=1S/C15H10S2/c16-15-13-9-5-4-8-12(13)14(17-15)10-11-6-2-1-3-7-11/h1-10H/b14-10-. The van der Waals surface area contributed by atoms with E-state index in [1.165, 1.54) is 21.6 Å². The van der Waals surface area contributed by atoms with E-state index in [1.54, 1.807) is 11.8 Å². The Kier molecular flexibility index (Phi) is 2.83. The largest absolute Gasteiger partial charge is 0.0832 e. The first-order valence-corrected chi connectivity index (χ1v) is 6.65. The van der Waals surface area contributed by atoms with Crippen LogP contribution >= 0.6 is 24.0 Å².